The van der Waals surface area contributed by atoms with Crippen LogP contribution >= 0.6 is 0 Å². The van der Waals surface area contributed by atoms with Crippen LogP contribution in [0.2, 0.25) is 0 Å². The summed E-state index contributed by atoms with van der Waals surface area (Å²) in [5, 5.41) is 0.983. The Kier molecular flexibility index (Phi) is 6.54. The lowest BCUT2D eigenvalue weighted by molar-refractivity contribution is 0.342. The molecule has 138 valence electrons. The average Bonchev–Trinajstić information content (AvgIpc) is 2.60. The van der Waals surface area contributed by atoms with Crippen LogP contribution in [0.1, 0.15) is 6.92 Å². The van der Waals surface area contributed by atoms with Gasteiger partial charge in [0.15, 0.2) is 0 Å². The van der Waals surface area contributed by atoms with E-state index >= 15 is 0 Å². The minimum Gasteiger partial charge on any atom is -0.748 e. The number of fused-ring (bicyclic) bond motifs is 1. The molecule has 1 heterocycles. The first-order chi connectivity index (χ1) is 12.3. The lowest BCUT2D eigenvalue weighted by atomic mass is 10.1. The summed E-state index contributed by atoms with van der Waals surface area (Å²) in [7, 11) is -2.26. The second kappa shape index (κ2) is 8.64. The minimum absolute atomic E-state index is 0.604. The Hall–Kier alpha value is -2.64. The van der Waals surface area contributed by atoms with E-state index in [1.54, 1.807) is 7.11 Å². The van der Waals surface area contributed by atoms with E-state index in [2.05, 4.69) is 0 Å². The molecule has 0 saturated heterocycles. The van der Waals surface area contributed by atoms with Gasteiger partial charge < -0.3 is 14.0 Å². The van der Waals surface area contributed by atoms with Gasteiger partial charge in [-0.15, -0.1) is 0 Å². The van der Waals surface area contributed by atoms with E-state index in [1.165, 1.54) is 0 Å². The summed E-state index contributed by atoms with van der Waals surface area (Å²) >= 11 is 0. The van der Waals surface area contributed by atoms with Crippen LogP contribution in [0.4, 0.5) is 0 Å². The quantitative estimate of drug-likeness (QED) is 0.506. The smallest absolute Gasteiger partial charge is 0.364 e. The lowest BCUT2D eigenvalue weighted by Gasteiger charge is -2.04. The molecule has 1 aromatic heterocycles. The second-order valence-corrected chi connectivity index (χ2v) is 6.74. The number of rotatable bonds is 4. The van der Waals surface area contributed by atoms with Gasteiger partial charge in [-0.25, -0.2) is 12.8 Å². The van der Waals surface area contributed by atoms with Crippen molar-refractivity contribution in [3.05, 3.63) is 54.6 Å². The third-order valence-electron chi connectivity index (χ3n) is 3.31. The predicted octanol–water partition coefficient (Wildman–Crippen LogP) is 3.95. The Morgan fingerprint density at radius 2 is 1.69 bits per heavy atom. The summed E-state index contributed by atoms with van der Waals surface area (Å²) in [5.74, 6) is 2.44. The van der Waals surface area contributed by atoms with Gasteiger partial charge in [0.2, 0.25) is 0 Å². The Labute approximate surface area is 152 Å². The molecule has 2 aromatic carbocycles. The van der Waals surface area contributed by atoms with E-state index in [-0.39, 0.29) is 0 Å². The summed E-state index contributed by atoms with van der Waals surface area (Å²) in [4.78, 5) is 0. The monoisotopic (exact) mass is 376 g/mol. The molecule has 7 heteroatoms. The van der Waals surface area contributed by atoms with Crippen LogP contribution in [-0.4, -0.2) is 32.9 Å². The molecule has 0 aliphatic rings. The van der Waals surface area contributed by atoms with Crippen molar-refractivity contribution in [3.8, 4) is 22.8 Å². The molecule has 0 saturated carbocycles. The van der Waals surface area contributed by atoms with Crippen LogP contribution in [-0.2, 0) is 10.1 Å². The molecule has 26 heavy (non-hydrogen) atoms. The van der Waals surface area contributed by atoms with Gasteiger partial charge in [0.05, 0.1) is 35.5 Å². The largest absolute Gasteiger partial charge is 0.748 e. The van der Waals surface area contributed by atoms with Crippen molar-refractivity contribution in [2.75, 3.05) is 20.0 Å². The molecule has 3 rings (SSSR count). The molecular weight excluding hydrogens is 356 g/mol. The molecule has 0 amide bonds. The molecular formula is C19H20O6S. The van der Waals surface area contributed by atoms with Crippen LogP contribution in [0.15, 0.2) is 59.0 Å². The van der Waals surface area contributed by atoms with Crippen molar-refractivity contribution in [2.24, 2.45) is 0 Å². The molecule has 0 atom stereocenters. The van der Waals surface area contributed by atoms with Crippen molar-refractivity contribution < 1.29 is 26.9 Å². The minimum atomic E-state index is -3.92. The molecule has 3 aromatic rings. The molecule has 6 nitrogen and oxygen atoms in total. The fourth-order valence-electron chi connectivity index (χ4n) is 2.28. The number of hydrogen-bond acceptors (Lipinski definition) is 5. The van der Waals surface area contributed by atoms with Gasteiger partial charge in [-0.1, -0.05) is 12.1 Å². The van der Waals surface area contributed by atoms with E-state index in [0.29, 0.717) is 12.9 Å². The summed E-state index contributed by atoms with van der Waals surface area (Å²) in [5.41, 5.74) is 1.80. The number of methoxy groups -OCH3 is 1. The molecule has 0 radical (unpaired) electrons. The maximum absolute atomic E-state index is 9.08. The van der Waals surface area contributed by atoms with Crippen molar-refractivity contribution in [1.82, 2.24) is 0 Å². The predicted molar refractivity (Wildman–Crippen MR) is 99.4 cm³/mol. The van der Waals surface area contributed by atoms with Crippen LogP contribution in [0.5, 0.6) is 11.5 Å². The lowest BCUT2D eigenvalue weighted by Crippen LogP contribution is -1.93. The Balaban J connectivity index is 0.000000431. The van der Waals surface area contributed by atoms with Crippen molar-refractivity contribution in [1.29, 1.82) is 0 Å². The van der Waals surface area contributed by atoms with Crippen LogP contribution in [0, 0.1) is 0 Å². The van der Waals surface area contributed by atoms with Gasteiger partial charge in [0.25, 0.3) is 0 Å². The fourth-order valence-corrected chi connectivity index (χ4v) is 2.28. The highest BCUT2D eigenvalue weighted by molar-refractivity contribution is 7.84. The third-order valence-corrected chi connectivity index (χ3v) is 3.31. The van der Waals surface area contributed by atoms with Gasteiger partial charge in [0, 0.05) is 12.3 Å². The van der Waals surface area contributed by atoms with Crippen molar-refractivity contribution in [2.45, 2.75) is 6.92 Å². The third kappa shape index (κ3) is 5.72. The molecule has 0 aliphatic carbocycles. The Morgan fingerprint density at radius 3 is 2.27 bits per heavy atom. The molecule has 0 fully saturated rings. The highest BCUT2D eigenvalue weighted by Gasteiger charge is 2.19. The first-order valence-corrected chi connectivity index (χ1v) is 9.67. The van der Waals surface area contributed by atoms with E-state index in [1.807, 2.05) is 61.5 Å². The number of para-hydroxylation sites is 1. The zero-order valence-corrected chi connectivity index (χ0v) is 15.6. The molecule has 0 N–H and O–H groups in total. The average molecular weight is 376 g/mol. The van der Waals surface area contributed by atoms with Crippen LogP contribution in [0.3, 0.4) is 0 Å². The standard InChI is InChI=1S/C18H17O3.CH4O3S/c1-3-20-18-12-17(13-8-10-14(19-2)11-9-13)21-16-7-5-4-6-15(16)18;1-5(2,3)4/h4-12H,3H2,1-2H3;1H3,(H,2,3,4)/q+1;/p-1. The first kappa shape index (κ1) is 19.7. The van der Waals surface area contributed by atoms with Gasteiger partial charge in [-0.2, -0.15) is 0 Å². The fraction of sp³-hybridized carbons (Fsp3) is 0.211. The highest BCUT2D eigenvalue weighted by Crippen LogP contribution is 2.33. The number of hydrogen-bond donors (Lipinski definition) is 0. The zero-order chi connectivity index (χ0) is 19.2. The van der Waals surface area contributed by atoms with Gasteiger partial charge in [-0.05, 0) is 37.3 Å². The van der Waals surface area contributed by atoms with E-state index in [0.717, 1.165) is 33.8 Å². The Morgan fingerprint density at radius 1 is 1.08 bits per heavy atom. The molecule has 0 bridgehead atoms. The second-order valence-electron chi connectivity index (χ2n) is 5.34. The van der Waals surface area contributed by atoms with Gasteiger partial charge in [0.1, 0.15) is 16.9 Å². The zero-order valence-electron chi connectivity index (χ0n) is 14.8. The van der Waals surface area contributed by atoms with E-state index < -0.39 is 10.1 Å². The molecule has 0 unspecified atom stereocenters. The number of ether oxygens (including phenoxy) is 2. The van der Waals surface area contributed by atoms with Crippen LogP contribution < -0.4 is 9.47 Å². The van der Waals surface area contributed by atoms with Gasteiger partial charge >= 0.3 is 11.3 Å². The van der Waals surface area contributed by atoms with Crippen molar-refractivity contribution in [3.63, 3.8) is 0 Å². The highest BCUT2D eigenvalue weighted by atomic mass is 32.2. The SMILES string of the molecule is CCOc1cc(-c2ccc(OC)cc2)[o+]c2ccccc12.CS(=O)(=O)[O-]. The molecule has 0 spiro atoms. The van der Waals surface area contributed by atoms with Crippen molar-refractivity contribution >= 4 is 21.1 Å². The number of benzene rings is 2. The van der Waals surface area contributed by atoms with E-state index in [4.69, 9.17) is 26.9 Å². The normalized spacial score (nSPS) is 10.8. The summed E-state index contributed by atoms with van der Waals surface area (Å²) in [6.45, 7) is 2.60. The van der Waals surface area contributed by atoms with Gasteiger partial charge in [-0.3, -0.25) is 0 Å². The Bertz CT molecular complexity index is 957. The topological polar surface area (TPSA) is 87.0 Å². The summed E-state index contributed by atoms with van der Waals surface area (Å²) < 4.78 is 44.1. The first-order valence-electron chi connectivity index (χ1n) is 7.85. The molecule has 0 aliphatic heterocycles. The summed E-state index contributed by atoms with van der Waals surface area (Å²) in [6.07, 6.45) is 0.604. The van der Waals surface area contributed by atoms with E-state index in [9.17, 15) is 0 Å². The summed E-state index contributed by atoms with van der Waals surface area (Å²) in [6, 6.07) is 17.6. The maximum atomic E-state index is 9.08. The van der Waals surface area contributed by atoms with Crippen LogP contribution in [0.25, 0.3) is 22.3 Å². The maximum Gasteiger partial charge on any atom is 0.364 e.